The fraction of sp³-hybridized carbons (Fsp3) is 0.176. The molecule has 41 heavy (non-hydrogen) atoms. The maximum Gasteiger partial charge on any atom is 0.300 e. The Morgan fingerprint density at radius 2 is 1.56 bits per heavy atom. The molecule has 1 aliphatic rings. The average Bonchev–Trinajstić information content (AvgIpc) is 3.22. The minimum absolute atomic E-state index is 0.110. The predicted octanol–water partition coefficient (Wildman–Crippen LogP) is 7.55. The normalized spacial score (nSPS) is 16.6. The van der Waals surface area contributed by atoms with Crippen LogP contribution < -0.4 is 14.4 Å². The smallest absolute Gasteiger partial charge is 0.300 e. The molecule has 208 valence electrons. The van der Waals surface area contributed by atoms with Gasteiger partial charge in [-0.1, -0.05) is 57.2 Å². The number of hydrogen-bond acceptors (Lipinski definition) is 5. The van der Waals surface area contributed by atoms with E-state index in [-0.39, 0.29) is 22.4 Å². The van der Waals surface area contributed by atoms with Crippen molar-refractivity contribution in [2.45, 2.75) is 32.2 Å². The van der Waals surface area contributed by atoms with E-state index in [1.807, 2.05) is 51.1 Å². The average molecular weight is 552 g/mol. The maximum atomic E-state index is 14.3. The molecule has 1 N–H and O–H groups in total. The summed E-state index contributed by atoms with van der Waals surface area (Å²) in [7, 11) is 1.57. The van der Waals surface area contributed by atoms with Crippen LogP contribution in [-0.4, -0.2) is 23.9 Å². The van der Waals surface area contributed by atoms with Gasteiger partial charge in [-0.05, 0) is 71.6 Å². The molecule has 1 unspecified atom stereocenters. The standard InChI is InChI=1S/C34H30FNO5/c1-34(2,3)27-19-22(16-17-28(27)40-4)31(37)29-30(36(33(39)32(29)38)24-12-9-11-23(35)20-24)21-10-8-15-26(18-21)41-25-13-6-5-7-14-25/h5-20,30,37H,1-4H3/b31-29+. The van der Waals surface area contributed by atoms with Crippen LogP contribution in [0.15, 0.2) is 103 Å². The van der Waals surface area contributed by atoms with Crippen LogP contribution >= 0.6 is 0 Å². The number of aliphatic hydroxyl groups excluding tert-OH is 1. The number of aliphatic hydroxyl groups is 1. The van der Waals surface area contributed by atoms with Crippen molar-refractivity contribution in [1.29, 1.82) is 0 Å². The molecular formula is C34H30FNO5. The van der Waals surface area contributed by atoms with Crippen LogP contribution in [0.2, 0.25) is 0 Å². The fourth-order valence-electron chi connectivity index (χ4n) is 5.01. The van der Waals surface area contributed by atoms with Crippen LogP contribution in [-0.2, 0) is 15.0 Å². The Bertz CT molecular complexity index is 1660. The van der Waals surface area contributed by atoms with Crippen LogP contribution in [0.25, 0.3) is 5.76 Å². The topological polar surface area (TPSA) is 76.1 Å². The summed E-state index contributed by atoms with van der Waals surface area (Å²) < 4.78 is 25.9. The lowest BCUT2D eigenvalue weighted by molar-refractivity contribution is -0.132. The first-order valence-electron chi connectivity index (χ1n) is 13.2. The molecule has 0 saturated carbocycles. The number of halogens is 1. The number of nitrogens with zero attached hydrogens (tertiary/aromatic N) is 1. The molecule has 1 atom stereocenters. The zero-order chi connectivity index (χ0) is 29.3. The van der Waals surface area contributed by atoms with Gasteiger partial charge in [0, 0.05) is 16.8 Å². The third-order valence-corrected chi connectivity index (χ3v) is 6.96. The van der Waals surface area contributed by atoms with Crippen molar-refractivity contribution in [3.63, 3.8) is 0 Å². The highest BCUT2D eigenvalue weighted by Crippen LogP contribution is 2.44. The first-order chi connectivity index (χ1) is 19.6. The molecule has 0 aromatic heterocycles. The lowest BCUT2D eigenvalue weighted by Gasteiger charge is -2.26. The summed E-state index contributed by atoms with van der Waals surface area (Å²) in [6, 6.07) is 25.7. The van der Waals surface area contributed by atoms with E-state index in [4.69, 9.17) is 9.47 Å². The molecule has 1 heterocycles. The number of ether oxygens (including phenoxy) is 2. The van der Waals surface area contributed by atoms with Gasteiger partial charge in [-0.3, -0.25) is 14.5 Å². The number of rotatable bonds is 6. The van der Waals surface area contributed by atoms with E-state index in [1.165, 1.54) is 23.1 Å². The van der Waals surface area contributed by atoms with E-state index < -0.39 is 23.5 Å². The summed E-state index contributed by atoms with van der Waals surface area (Å²) in [6.07, 6.45) is 0. The van der Waals surface area contributed by atoms with Crippen molar-refractivity contribution >= 4 is 23.1 Å². The summed E-state index contributed by atoms with van der Waals surface area (Å²) in [6.45, 7) is 6.03. The Hall–Kier alpha value is -4.91. The fourth-order valence-corrected chi connectivity index (χ4v) is 5.01. The molecule has 1 amide bonds. The van der Waals surface area contributed by atoms with Crippen LogP contribution in [0.1, 0.15) is 43.5 Å². The van der Waals surface area contributed by atoms with Gasteiger partial charge in [0.25, 0.3) is 11.7 Å². The molecule has 1 aliphatic heterocycles. The van der Waals surface area contributed by atoms with Gasteiger partial charge in [-0.15, -0.1) is 0 Å². The van der Waals surface area contributed by atoms with E-state index in [0.29, 0.717) is 28.4 Å². The van der Waals surface area contributed by atoms with Crippen molar-refractivity contribution in [2.24, 2.45) is 0 Å². The molecular weight excluding hydrogens is 521 g/mol. The monoisotopic (exact) mass is 551 g/mol. The number of para-hydroxylation sites is 1. The quantitative estimate of drug-likeness (QED) is 0.152. The van der Waals surface area contributed by atoms with Crippen molar-refractivity contribution in [3.8, 4) is 17.2 Å². The van der Waals surface area contributed by atoms with Crippen LogP contribution in [0.5, 0.6) is 17.2 Å². The number of amides is 1. The zero-order valence-electron chi connectivity index (χ0n) is 23.2. The summed E-state index contributed by atoms with van der Waals surface area (Å²) >= 11 is 0. The summed E-state index contributed by atoms with van der Waals surface area (Å²) in [5, 5.41) is 11.7. The Morgan fingerprint density at radius 3 is 2.24 bits per heavy atom. The Morgan fingerprint density at radius 1 is 0.854 bits per heavy atom. The largest absolute Gasteiger partial charge is 0.507 e. The summed E-state index contributed by atoms with van der Waals surface area (Å²) in [5.74, 6) is -0.934. The van der Waals surface area contributed by atoms with Crippen molar-refractivity contribution in [1.82, 2.24) is 0 Å². The number of hydrogen-bond donors (Lipinski definition) is 1. The zero-order valence-corrected chi connectivity index (χ0v) is 23.2. The second-order valence-corrected chi connectivity index (χ2v) is 10.8. The van der Waals surface area contributed by atoms with E-state index >= 15 is 0 Å². The summed E-state index contributed by atoms with van der Waals surface area (Å²) in [5.41, 5.74) is 1.43. The first kappa shape index (κ1) is 27.6. The molecule has 0 bridgehead atoms. The minimum Gasteiger partial charge on any atom is -0.507 e. The van der Waals surface area contributed by atoms with Gasteiger partial charge in [-0.25, -0.2) is 4.39 Å². The number of carbonyl (C=O) groups excluding carboxylic acids is 2. The van der Waals surface area contributed by atoms with Crippen LogP contribution in [0, 0.1) is 5.82 Å². The highest BCUT2D eigenvalue weighted by atomic mass is 19.1. The molecule has 0 spiro atoms. The summed E-state index contributed by atoms with van der Waals surface area (Å²) in [4.78, 5) is 28.3. The van der Waals surface area contributed by atoms with Crippen LogP contribution in [0.4, 0.5) is 10.1 Å². The number of carbonyl (C=O) groups is 2. The number of Topliss-reactive ketones (excluding diaryl/α,β-unsaturated/α-hetero) is 1. The molecule has 4 aromatic rings. The number of benzene rings is 4. The molecule has 7 heteroatoms. The van der Waals surface area contributed by atoms with Gasteiger partial charge < -0.3 is 14.6 Å². The number of anilines is 1. The third kappa shape index (κ3) is 5.43. The van der Waals surface area contributed by atoms with Gasteiger partial charge in [0.05, 0.1) is 18.7 Å². The SMILES string of the molecule is COc1ccc(/C(O)=C2\C(=O)C(=O)N(c3cccc(F)c3)C2c2cccc(Oc3ccccc3)c2)cc1C(C)(C)C. The molecule has 6 nitrogen and oxygen atoms in total. The van der Waals surface area contributed by atoms with E-state index in [2.05, 4.69) is 0 Å². The van der Waals surface area contributed by atoms with Gasteiger partial charge in [0.2, 0.25) is 0 Å². The van der Waals surface area contributed by atoms with E-state index in [1.54, 1.807) is 55.6 Å². The highest BCUT2D eigenvalue weighted by Gasteiger charge is 2.47. The maximum absolute atomic E-state index is 14.3. The first-order valence-corrected chi connectivity index (χ1v) is 13.2. The lowest BCUT2D eigenvalue weighted by atomic mass is 9.84. The van der Waals surface area contributed by atoms with Crippen molar-refractivity contribution < 1.29 is 28.6 Å². The Kier molecular flexibility index (Phi) is 7.37. The highest BCUT2D eigenvalue weighted by molar-refractivity contribution is 6.51. The lowest BCUT2D eigenvalue weighted by Crippen LogP contribution is -2.29. The van der Waals surface area contributed by atoms with Gasteiger partial charge in [0.15, 0.2) is 0 Å². The van der Waals surface area contributed by atoms with Gasteiger partial charge >= 0.3 is 0 Å². The third-order valence-electron chi connectivity index (χ3n) is 6.96. The Balaban J connectivity index is 1.70. The van der Waals surface area contributed by atoms with Gasteiger partial charge in [-0.2, -0.15) is 0 Å². The van der Waals surface area contributed by atoms with Crippen molar-refractivity contribution in [2.75, 3.05) is 12.0 Å². The van der Waals surface area contributed by atoms with E-state index in [0.717, 1.165) is 5.56 Å². The predicted molar refractivity (Wildman–Crippen MR) is 156 cm³/mol. The molecule has 5 rings (SSSR count). The van der Waals surface area contributed by atoms with Crippen LogP contribution in [0.3, 0.4) is 0 Å². The molecule has 4 aromatic carbocycles. The minimum atomic E-state index is -1.05. The Labute approximate surface area is 238 Å². The number of methoxy groups -OCH3 is 1. The van der Waals surface area contributed by atoms with E-state index in [9.17, 15) is 19.1 Å². The number of ketones is 1. The van der Waals surface area contributed by atoms with Crippen molar-refractivity contribution in [3.05, 3.63) is 125 Å². The van der Waals surface area contributed by atoms with Gasteiger partial charge in [0.1, 0.15) is 28.8 Å². The molecule has 1 fully saturated rings. The molecule has 0 aliphatic carbocycles. The molecule has 1 saturated heterocycles. The molecule has 0 radical (unpaired) electrons. The second kappa shape index (κ2) is 10.9. The second-order valence-electron chi connectivity index (χ2n) is 10.8.